The second-order valence-electron chi connectivity index (χ2n) is 4.95. The fourth-order valence-electron chi connectivity index (χ4n) is 2.15. The number of furan rings is 1. The van der Waals surface area contributed by atoms with Crippen molar-refractivity contribution in [3.8, 4) is 11.3 Å². The van der Waals surface area contributed by atoms with E-state index >= 15 is 0 Å². The Morgan fingerprint density at radius 2 is 2.08 bits per heavy atom. The highest BCUT2D eigenvalue weighted by Crippen LogP contribution is 2.33. The van der Waals surface area contributed by atoms with Gasteiger partial charge in [-0.3, -0.25) is 10.1 Å². The molecular formula is C16H11F3N2O2S. The largest absolute Gasteiger partial charge is 0.461 e. The van der Waals surface area contributed by atoms with Gasteiger partial charge in [0.1, 0.15) is 11.5 Å². The minimum Gasteiger partial charge on any atom is -0.461 e. The highest BCUT2D eigenvalue weighted by molar-refractivity contribution is 7.13. The number of amides is 1. The summed E-state index contributed by atoms with van der Waals surface area (Å²) < 4.78 is 43.9. The smallest absolute Gasteiger partial charge is 0.416 e. The lowest BCUT2D eigenvalue weighted by molar-refractivity contribution is -0.137. The fourth-order valence-corrected chi connectivity index (χ4v) is 2.67. The van der Waals surface area contributed by atoms with Crippen LogP contribution in [0.15, 0.2) is 46.3 Å². The number of thiazole rings is 1. The van der Waals surface area contributed by atoms with Gasteiger partial charge in [-0.25, -0.2) is 4.98 Å². The third kappa shape index (κ3) is 3.33. The van der Waals surface area contributed by atoms with Crippen LogP contribution in [0.1, 0.15) is 21.7 Å². The lowest BCUT2D eigenvalue weighted by Crippen LogP contribution is -2.11. The number of alkyl halides is 3. The number of hydrogen-bond acceptors (Lipinski definition) is 4. The van der Waals surface area contributed by atoms with Crippen molar-refractivity contribution in [1.29, 1.82) is 0 Å². The summed E-state index contributed by atoms with van der Waals surface area (Å²) in [5.74, 6) is 0.0868. The molecule has 4 nitrogen and oxygen atoms in total. The molecule has 124 valence electrons. The summed E-state index contributed by atoms with van der Waals surface area (Å²) in [6.07, 6.45) is -2.89. The maximum absolute atomic E-state index is 12.8. The van der Waals surface area contributed by atoms with Gasteiger partial charge in [0.25, 0.3) is 5.91 Å². The minimum absolute atomic E-state index is 0.197. The molecule has 0 fully saturated rings. The second kappa shape index (κ2) is 6.12. The van der Waals surface area contributed by atoms with Crippen LogP contribution < -0.4 is 5.32 Å². The molecule has 0 saturated heterocycles. The van der Waals surface area contributed by atoms with E-state index < -0.39 is 17.6 Å². The first-order valence-corrected chi connectivity index (χ1v) is 7.71. The van der Waals surface area contributed by atoms with Gasteiger partial charge in [-0.15, -0.1) is 11.3 Å². The number of carbonyl (C=O) groups is 1. The summed E-state index contributed by atoms with van der Waals surface area (Å²) in [5.41, 5.74) is -0.276. The average Bonchev–Trinajstić information content (AvgIpc) is 3.16. The van der Waals surface area contributed by atoms with E-state index in [1.807, 2.05) is 0 Å². The first-order chi connectivity index (χ1) is 11.3. The minimum atomic E-state index is -4.44. The van der Waals surface area contributed by atoms with Crippen molar-refractivity contribution in [2.45, 2.75) is 13.1 Å². The predicted molar refractivity (Wildman–Crippen MR) is 84.0 cm³/mol. The van der Waals surface area contributed by atoms with Gasteiger partial charge in [0.2, 0.25) is 0 Å². The number of aromatic nitrogens is 1. The van der Waals surface area contributed by atoms with Crippen molar-refractivity contribution in [3.05, 3.63) is 58.8 Å². The van der Waals surface area contributed by atoms with E-state index in [1.165, 1.54) is 29.5 Å². The molecule has 0 spiro atoms. The first kappa shape index (κ1) is 16.3. The van der Waals surface area contributed by atoms with Crippen LogP contribution in [0.2, 0.25) is 0 Å². The Labute approximate surface area is 139 Å². The fraction of sp³-hybridized carbons (Fsp3) is 0.125. The van der Waals surface area contributed by atoms with Gasteiger partial charge in [0.05, 0.1) is 11.1 Å². The van der Waals surface area contributed by atoms with Gasteiger partial charge in [0, 0.05) is 17.1 Å². The quantitative estimate of drug-likeness (QED) is 0.723. The molecule has 3 aromatic rings. The Balaban J connectivity index is 1.90. The summed E-state index contributed by atoms with van der Waals surface area (Å²) in [6, 6.07) is 6.19. The van der Waals surface area contributed by atoms with Crippen LogP contribution in [-0.4, -0.2) is 10.9 Å². The van der Waals surface area contributed by atoms with Crippen molar-refractivity contribution >= 4 is 22.4 Å². The van der Waals surface area contributed by atoms with Crippen LogP contribution in [0.4, 0.5) is 18.3 Å². The summed E-state index contributed by atoms with van der Waals surface area (Å²) in [6.45, 7) is 1.58. The molecule has 0 saturated carbocycles. The molecule has 1 amide bonds. The van der Waals surface area contributed by atoms with E-state index in [4.69, 9.17) is 4.42 Å². The topological polar surface area (TPSA) is 55.1 Å². The molecule has 0 bridgehead atoms. The number of carbonyl (C=O) groups excluding carboxylic acids is 1. The van der Waals surface area contributed by atoms with E-state index in [2.05, 4.69) is 10.3 Å². The number of aryl methyl sites for hydroxylation is 1. The molecule has 3 rings (SSSR count). The first-order valence-electron chi connectivity index (χ1n) is 6.83. The number of halogens is 3. The lowest BCUT2D eigenvalue weighted by atomic mass is 10.1. The number of nitrogens with one attached hydrogen (secondary N) is 1. The maximum atomic E-state index is 12.8. The summed E-state index contributed by atoms with van der Waals surface area (Å²) in [5, 5.41) is 4.75. The zero-order chi connectivity index (χ0) is 17.3. The molecule has 0 radical (unpaired) electrons. The van der Waals surface area contributed by atoms with Gasteiger partial charge in [-0.2, -0.15) is 13.2 Å². The molecule has 1 N–H and O–H groups in total. The van der Waals surface area contributed by atoms with Gasteiger partial charge in [0.15, 0.2) is 5.13 Å². The summed E-state index contributed by atoms with van der Waals surface area (Å²) >= 11 is 1.26. The van der Waals surface area contributed by atoms with Gasteiger partial charge in [-0.1, -0.05) is 12.1 Å². The van der Waals surface area contributed by atoms with Crippen molar-refractivity contribution in [3.63, 3.8) is 0 Å². The molecule has 0 atom stereocenters. The zero-order valence-electron chi connectivity index (χ0n) is 12.3. The van der Waals surface area contributed by atoms with Crippen molar-refractivity contribution in [2.24, 2.45) is 0 Å². The highest BCUT2D eigenvalue weighted by atomic mass is 32.1. The standard InChI is InChI=1S/C16H11F3N2O2S/c1-9-12(14(22)21-15-20-5-6-24-15)8-13(23-9)10-3-2-4-11(7-10)16(17,18)19/h2-8H,1H3,(H,20,21,22). The van der Waals surface area contributed by atoms with Crippen LogP contribution in [0.25, 0.3) is 11.3 Å². The number of hydrogen-bond donors (Lipinski definition) is 1. The summed E-state index contributed by atoms with van der Waals surface area (Å²) in [4.78, 5) is 16.2. The number of benzene rings is 1. The predicted octanol–water partition coefficient (Wildman–Crippen LogP) is 4.98. The third-order valence-electron chi connectivity index (χ3n) is 3.29. The van der Waals surface area contributed by atoms with Crippen LogP contribution in [0, 0.1) is 6.92 Å². The van der Waals surface area contributed by atoms with Crippen LogP contribution in [-0.2, 0) is 6.18 Å². The Bertz CT molecular complexity index is 870. The van der Waals surface area contributed by atoms with E-state index in [0.717, 1.165) is 12.1 Å². The molecule has 0 aliphatic rings. The molecule has 0 aliphatic heterocycles. The number of anilines is 1. The molecule has 2 aromatic heterocycles. The van der Waals surface area contributed by atoms with E-state index in [0.29, 0.717) is 10.9 Å². The molecule has 0 aliphatic carbocycles. The Morgan fingerprint density at radius 3 is 2.75 bits per heavy atom. The Morgan fingerprint density at radius 1 is 1.29 bits per heavy atom. The Hall–Kier alpha value is -2.61. The van der Waals surface area contributed by atoms with Crippen molar-refractivity contribution < 1.29 is 22.4 Å². The zero-order valence-corrected chi connectivity index (χ0v) is 13.2. The molecule has 2 heterocycles. The van der Waals surface area contributed by atoms with E-state index in [1.54, 1.807) is 18.5 Å². The second-order valence-corrected chi connectivity index (χ2v) is 5.85. The van der Waals surface area contributed by atoms with Crippen LogP contribution >= 0.6 is 11.3 Å². The normalized spacial score (nSPS) is 11.5. The molecule has 8 heteroatoms. The molecule has 1 aromatic carbocycles. The van der Waals surface area contributed by atoms with Gasteiger partial charge >= 0.3 is 6.18 Å². The van der Waals surface area contributed by atoms with E-state index in [-0.39, 0.29) is 16.9 Å². The van der Waals surface area contributed by atoms with Gasteiger partial charge in [-0.05, 0) is 25.1 Å². The SMILES string of the molecule is Cc1oc(-c2cccc(C(F)(F)F)c2)cc1C(=O)Nc1nccs1. The van der Waals surface area contributed by atoms with Crippen LogP contribution in [0.5, 0.6) is 0 Å². The third-order valence-corrected chi connectivity index (χ3v) is 3.98. The molecule has 0 unspecified atom stereocenters. The van der Waals surface area contributed by atoms with Crippen molar-refractivity contribution in [2.75, 3.05) is 5.32 Å². The Kier molecular flexibility index (Phi) is 4.15. The molecule has 24 heavy (non-hydrogen) atoms. The monoisotopic (exact) mass is 352 g/mol. The number of rotatable bonds is 3. The molecular weight excluding hydrogens is 341 g/mol. The van der Waals surface area contributed by atoms with E-state index in [9.17, 15) is 18.0 Å². The van der Waals surface area contributed by atoms with Gasteiger partial charge < -0.3 is 4.42 Å². The number of nitrogens with zero attached hydrogens (tertiary/aromatic N) is 1. The van der Waals surface area contributed by atoms with Crippen molar-refractivity contribution in [1.82, 2.24) is 4.98 Å². The maximum Gasteiger partial charge on any atom is 0.416 e. The average molecular weight is 352 g/mol. The highest BCUT2D eigenvalue weighted by Gasteiger charge is 2.30. The summed E-state index contributed by atoms with van der Waals surface area (Å²) in [7, 11) is 0. The lowest BCUT2D eigenvalue weighted by Gasteiger charge is -2.07. The van der Waals surface area contributed by atoms with Crippen LogP contribution in [0.3, 0.4) is 0 Å².